The highest BCUT2D eigenvalue weighted by atomic mass is 32.2. The van der Waals surface area contributed by atoms with Gasteiger partial charge < -0.3 is 4.90 Å². The number of hydrogen-bond donors (Lipinski definition) is 0. The lowest BCUT2D eigenvalue weighted by Gasteiger charge is -2.23. The van der Waals surface area contributed by atoms with Gasteiger partial charge >= 0.3 is 0 Å². The Balaban J connectivity index is 1.55. The first kappa shape index (κ1) is 23.4. The second kappa shape index (κ2) is 10.9. The Morgan fingerprint density at radius 2 is 1.44 bits per heavy atom. The van der Waals surface area contributed by atoms with Crippen LogP contribution in [0.4, 0.5) is 0 Å². The van der Waals surface area contributed by atoms with Gasteiger partial charge in [0.05, 0.1) is 10.6 Å². The molecule has 0 aliphatic carbocycles. The summed E-state index contributed by atoms with van der Waals surface area (Å²) in [5.74, 6) is -0.302. The summed E-state index contributed by atoms with van der Waals surface area (Å²) in [4.78, 5) is 19.7. The maximum atomic E-state index is 13.5. The molecule has 0 radical (unpaired) electrons. The summed E-state index contributed by atoms with van der Waals surface area (Å²) in [5.41, 5.74) is 3.14. The molecule has 4 rings (SSSR count). The van der Waals surface area contributed by atoms with Crippen LogP contribution in [-0.4, -0.2) is 30.8 Å². The molecule has 0 saturated heterocycles. The second-order valence-electron chi connectivity index (χ2n) is 8.10. The van der Waals surface area contributed by atoms with Gasteiger partial charge in [-0.15, -0.1) is 0 Å². The number of rotatable bonds is 9. The van der Waals surface area contributed by atoms with Crippen LogP contribution in [0.15, 0.2) is 114 Å². The van der Waals surface area contributed by atoms with Crippen molar-refractivity contribution in [1.29, 1.82) is 0 Å². The molecule has 6 heteroatoms. The summed E-state index contributed by atoms with van der Waals surface area (Å²) in [6.07, 6.45) is 4.18. The maximum absolute atomic E-state index is 13.5. The smallest absolute Gasteiger partial charge is 0.254 e. The van der Waals surface area contributed by atoms with Crippen LogP contribution in [0.3, 0.4) is 0 Å². The fourth-order valence-corrected chi connectivity index (χ4v) is 5.14. The lowest BCUT2D eigenvalue weighted by molar-refractivity contribution is 0.0745. The van der Waals surface area contributed by atoms with Crippen LogP contribution in [0.2, 0.25) is 0 Å². The number of amides is 1. The summed E-state index contributed by atoms with van der Waals surface area (Å²) in [5, 5.41) is 0. The normalized spacial score (nSPS) is 11.2. The Bertz CT molecular complexity index is 1330. The van der Waals surface area contributed by atoms with E-state index in [0.29, 0.717) is 24.2 Å². The van der Waals surface area contributed by atoms with E-state index in [1.54, 1.807) is 71.9 Å². The van der Waals surface area contributed by atoms with Crippen LogP contribution in [0, 0.1) is 0 Å². The summed E-state index contributed by atoms with van der Waals surface area (Å²) in [6.45, 7) is 0.955. The molecule has 0 bridgehead atoms. The monoisotopic (exact) mass is 470 g/mol. The van der Waals surface area contributed by atoms with Gasteiger partial charge in [0.1, 0.15) is 0 Å². The minimum absolute atomic E-state index is 0.140. The molecule has 0 spiro atoms. The van der Waals surface area contributed by atoms with Crippen molar-refractivity contribution in [3.8, 4) is 0 Å². The Morgan fingerprint density at radius 3 is 2.15 bits per heavy atom. The van der Waals surface area contributed by atoms with Gasteiger partial charge in [0, 0.05) is 31.0 Å². The summed E-state index contributed by atoms with van der Waals surface area (Å²) in [6, 6.07) is 29.1. The number of hydrogen-bond acceptors (Lipinski definition) is 4. The van der Waals surface area contributed by atoms with Crippen molar-refractivity contribution in [3.05, 3.63) is 132 Å². The van der Waals surface area contributed by atoms with Gasteiger partial charge in [-0.05, 0) is 53.4 Å². The predicted molar refractivity (Wildman–Crippen MR) is 133 cm³/mol. The van der Waals surface area contributed by atoms with Gasteiger partial charge in [0.2, 0.25) is 0 Å². The minimum Gasteiger partial charge on any atom is -0.334 e. The SMILES string of the molecule is O=C(c1cccc(CS(=O)(=O)c2ccccc2)c1)N(CCc1ccccc1)Cc1cccnc1. The molecule has 5 nitrogen and oxygen atoms in total. The third kappa shape index (κ3) is 6.17. The number of carbonyl (C=O) groups is 1. The van der Waals surface area contributed by atoms with Crippen LogP contribution in [-0.2, 0) is 28.6 Å². The fraction of sp³-hybridized carbons (Fsp3) is 0.143. The van der Waals surface area contributed by atoms with E-state index in [9.17, 15) is 13.2 Å². The zero-order chi connectivity index (χ0) is 23.8. The van der Waals surface area contributed by atoms with Crippen LogP contribution >= 0.6 is 0 Å². The van der Waals surface area contributed by atoms with Crippen molar-refractivity contribution in [3.63, 3.8) is 0 Å². The van der Waals surface area contributed by atoms with Gasteiger partial charge in [-0.2, -0.15) is 0 Å². The highest BCUT2D eigenvalue weighted by Gasteiger charge is 2.19. The van der Waals surface area contributed by atoms with Crippen LogP contribution in [0.25, 0.3) is 0 Å². The van der Waals surface area contributed by atoms with Crippen LogP contribution < -0.4 is 0 Å². The van der Waals surface area contributed by atoms with Crippen molar-refractivity contribution in [2.24, 2.45) is 0 Å². The molecule has 0 atom stereocenters. The first-order valence-corrected chi connectivity index (χ1v) is 12.8. The first-order chi connectivity index (χ1) is 16.5. The summed E-state index contributed by atoms with van der Waals surface area (Å²) in [7, 11) is -3.50. The van der Waals surface area contributed by atoms with E-state index in [2.05, 4.69) is 4.98 Å². The van der Waals surface area contributed by atoms with E-state index in [1.807, 2.05) is 42.5 Å². The topological polar surface area (TPSA) is 67.3 Å². The van der Waals surface area contributed by atoms with Gasteiger partial charge in [0.25, 0.3) is 5.91 Å². The fourth-order valence-electron chi connectivity index (χ4n) is 3.78. The molecule has 3 aromatic carbocycles. The number of benzene rings is 3. The molecule has 4 aromatic rings. The minimum atomic E-state index is -3.50. The Morgan fingerprint density at radius 1 is 0.765 bits per heavy atom. The number of sulfone groups is 1. The molecule has 172 valence electrons. The Labute approximate surface area is 200 Å². The molecule has 34 heavy (non-hydrogen) atoms. The average molecular weight is 471 g/mol. The second-order valence-corrected chi connectivity index (χ2v) is 10.1. The lowest BCUT2D eigenvalue weighted by Crippen LogP contribution is -2.32. The molecular formula is C28H26N2O3S. The van der Waals surface area contributed by atoms with Gasteiger partial charge in [0.15, 0.2) is 9.84 Å². The molecule has 0 aliphatic heterocycles. The zero-order valence-corrected chi connectivity index (χ0v) is 19.6. The quantitative estimate of drug-likeness (QED) is 0.347. The van der Waals surface area contributed by atoms with Gasteiger partial charge in [-0.25, -0.2) is 8.42 Å². The van der Waals surface area contributed by atoms with E-state index < -0.39 is 9.84 Å². The van der Waals surface area contributed by atoms with Crippen LogP contribution in [0.1, 0.15) is 27.0 Å². The molecule has 0 N–H and O–H groups in total. The number of nitrogens with zero attached hydrogens (tertiary/aromatic N) is 2. The molecule has 0 saturated carbocycles. The highest BCUT2D eigenvalue weighted by Crippen LogP contribution is 2.18. The standard InChI is InChI=1S/C28H26N2O3S/c31-28(26-13-7-11-24(19-26)22-34(32,33)27-14-5-2-6-15-27)30(21-25-12-8-17-29-20-25)18-16-23-9-3-1-4-10-23/h1-15,17,19-20H,16,18,21-22H2. The van der Waals surface area contributed by atoms with Gasteiger partial charge in [-0.3, -0.25) is 9.78 Å². The number of pyridine rings is 1. The van der Waals surface area contributed by atoms with E-state index in [0.717, 1.165) is 17.5 Å². The highest BCUT2D eigenvalue weighted by molar-refractivity contribution is 7.90. The van der Waals surface area contributed by atoms with Crippen molar-refractivity contribution < 1.29 is 13.2 Å². The molecule has 0 aliphatic rings. The van der Waals surface area contributed by atoms with Crippen molar-refractivity contribution in [1.82, 2.24) is 9.88 Å². The van der Waals surface area contributed by atoms with Gasteiger partial charge in [-0.1, -0.05) is 66.7 Å². The van der Waals surface area contributed by atoms with Crippen molar-refractivity contribution in [2.45, 2.75) is 23.6 Å². The number of aromatic nitrogens is 1. The largest absolute Gasteiger partial charge is 0.334 e. The first-order valence-electron chi connectivity index (χ1n) is 11.1. The van der Waals surface area contributed by atoms with E-state index in [4.69, 9.17) is 0 Å². The maximum Gasteiger partial charge on any atom is 0.254 e. The average Bonchev–Trinajstić information content (AvgIpc) is 2.88. The number of carbonyl (C=O) groups excluding carboxylic acids is 1. The lowest BCUT2D eigenvalue weighted by atomic mass is 10.1. The molecule has 0 unspecified atom stereocenters. The molecule has 1 amide bonds. The van der Waals surface area contributed by atoms with Crippen molar-refractivity contribution >= 4 is 15.7 Å². The van der Waals surface area contributed by atoms with Crippen LogP contribution in [0.5, 0.6) is 0 Å². The predicted octanol–water partition coefficient (Wildman–Crippen LogP) is 4.94. The zero-order valence-electron chi connectivity index (χ0n) is 18.7. The third-order valence-electron chi connectivity index (χ3n) is 5.53. The van der Waals surface area contributed by atoms with E-state index in [-0.39, 0.29) is 16.6 Å². The summed E-state index contributed by atoms with van der Waals surface area (Å²) < 4.78 is 25.6. The Kier molecular flexibility index (Phi) is 7.50. The summed E-state index contributed by atoms with van der Waals surface area (Å²) >= 11 is 0. The molecule has 1 aromatic heterocycles. The van der Waals surface area contributed by atoms with E-state index >= 15 is 0 Å². The van der Waals surface area contributed by atoms with E-state index in [1.165, 1.54) is 0 Å². The molecule has 1 heterocycles. The third-order valence-corrected chi connectivity index (χ3v) is 7.23. The molecular weight excluding hydrogens is 444 g/mol. The van der Waals surface area contributed by atoms with Crippen molar-refractivity contribution in [2.75, 3.05) is 6.54 Å². The Hall–Kier alpha value is -3.77. The molecule has 0 fully saturated rings.